The first kappa shape index (κ1) is 18.3. The molecule has 1 aromatic heterocycles. The molecular weight excluding hydrogens is 371 g/mol. The van der Waals surface area contributed by atoms with Crippen LogP contribution >= 0.6 is 9.24 Å². The van der Waals surface area contributed by atoms with Gasteiger partial charge in [0.05, 0.1) is 25.8 Å². The van der Waals surface area contributed by atoms with Gasteiger partial charge < -0.3 is 20.4 Å². The summed E-state index contributed by atoms with van der Waals surface area (Å²) in [6, 6.07) is 17.3. The van der Waals surface area contributed by atoms with Gasteiger partial charge in [0.15, 0.2) is 5.43 Å². The highest BCUT2D eigenvalue weighted by molar-refractivity contribution is 7.27. The van der Waals surface area contributed by atoms with Gasteiger partial charge in [-0.3, -0.25) is 9.79 Å². The van der Waals surface area contributed by atoms with Crippen molar-refractivity contribution in [3.8, 4) is 5.75 Å². The molecule has 0 aliphatic carbocycles. The Balaban J connectivity index is 1.54. The molecule has 6 nitrogen and oxygen atoms in total. The smallest absolute Gasteiger partial charge is 0.189 e. The normalized spacial score (nSPS) is 12.6. The topological polar surface area (TPSA) is 78.5 Å². The fourth-order valence-corrected chi connectivity index (χ4v) is 3.36. The van der Waals surface area contributed by atoms with Crippen molar-refractivity contribution < 1.29 is 4.74 Å². The van der Waals surface area contributed by atoms with Crippen LogP contribution in [-0.4, -0.2) is 17.9 Å². The Kier molecular flexibility index (Phi) is 5.13. The third-order valence-corrected chi connectivity index (χ3v) is 4.92. The van der Waals surface area contributed by atoms with Gasteiger partial charge >= 0.3 is 0 Å². The third-order valence-electron chi connectivity index (χ3n) is 4.56. The molecule has 1 atom stereocenters. The van der Waals surface area contributed by atoms with E-state index in [0.717, 1.165) is 33.8 Å². The van der Waals surface area contributed by atoms with Gasteiger partial charge in [-0.1, -0.05) is 12.1 Å². The first-order valence-corrected chi connectivity index (χ1v) is 9.50. The van der Waals surface area contributed by atoms with Gasteiger partial charge in [-0.15, -0.1) is 9.24 Å². The monoisotopic (exact) mass is 392 g/mol. The SMILES string of the molecule is COc1ccc(C2=NCc3c([nH]c(CNc4cccc(P)c4)cc3=O)N2)cc1. The van der Waals surface area contributed by atoms with Crippen molar-refractivity contribution in [2.45, 2.75) is 13.1 Å². The molecule has 0 radical (unpaired) electrons. The van der Waals surface area contributed by atoms with E-state index in [0.29, 0.717) is 24.5 Å². The maximum absolute atomic E-state index is 12.5. The van der Waals surface area contributed by atoms with Gasteiger partial charge in [0.1, 0.15) is 17.4 Å². The second-order valence-electron chi connectivity index (χ2n) is 6.51. The number of amidine groups is 1. The summed E-state index contributed by atoms with van der Waals surface area (Å²) in [5.74, 6) is 2.22. The average Bonchev–Trinajstić information content (AvgIpc) is 2.72. The average molecular weight is 392 g/mol. The number of nitrogens with zero attached hydrogens (tertiary/aromatic N) is 1. The van der Waals surface area contributed by atoms with Crippen LogP contribution in [0.25, 0.3) is 0 Å². The highest BCUT2D eigenvalue weighted by Gasteiger charge is 2.17. The quantitative estimate of drug-likeness (QED) is 0.584. The number of methoxy groups -OCH3 is 1. The summed E-state index contributed by atoms with van der Waals surface area (Å²) in [6.45, 7) is 0.870. The summed E-state index contributed by atoms with van der Waals surface area (Å²) in [7, 11) is 4.31. The number of H-pyrrole nitrogens is 1. The number of rotatable bonds is 5. The van der Waals surface area contributed by atoms with Crippen molar-refractivity contribution in [1.82, 2.24) is 4.98 Å². The van der Waals surface area contributed by atoms with Crippen LogP contribution in [0.15, 0.2) is 64.4 Å². The lowest BCUT2D eigenvalue weighted by molar-refractivity contribution is 0.415. The van der Waals surface area contributed by atoms with Gasteiger partial charge in [0.2, 0.25) is 0 Å². The standard InChI is InChI=1S/C21H21N4O2P/c1-27-16-7-5-13(6-8-16)20-23-12-18-19(26)10-15(24-21(18)25-20)11-22-14-3-2-4-17(28)9-14/h2-10,22H,11-12,28H2,1H3,(H2,23,24,25,26). The molecule has 7 heteroatoms. The fourth-order valence-electron chi connectivity index (χ4n) is 3.07. The lowest BCUT2D eigenvalue weighted by Gasteiger charge is -2.19. The summed E-state index contributed by atoms with van der Waals surface area (Å²) in [4.78, 5) is 20.3. The number of hydrogen-bond donors (Lipinski definition) is 3. The number of aromatic nitrogens is 1. The van der Waals surface area contributed by atoms with Crippen molar-refractivity contribution in [3.63, 3.8) is 0 Å². The van der Waals surface area contributed by atoms with Crippen LogP contribution < -0.4 is 26.1 Å². The molecule has 0 fully saturated rings. The van der Waals surface area contributed by atoms with E-state index in [-0.39, 0.29) is 5.43 Å². The van der Waals surface area contributed by atoms with E-state index in [9.17, 15) is 4.79 Å². The van der Waals surface area contributed by atoms with E-state index in [2.05, 4.69) is 29.8 Å². The Hall–Kier alpha value is -3.11. The lowest BCUT2D eigenvalue weighted by Crippen LogP contribution is -2.25. The Labute approximate surface area is 165 Å². The van der Waals surface area contributed by atoms with E-state index in [1.807, 2.05) is 48.5 Å². The maximum Gasteiger partial charge on any atom is 0.189 e. The van der Waals surface area contributed by atoms with Crippen LogP contribution in [-0.2, 0) is 13.1 Å². The highest BCUT2D eigenvalue weighted by Crippen LogP contribution is 2.20. The predicted molar refractivity (Wildman–Crippen MR) is 117 cm³/mol. The van der Waals surface area contributed by atoms with Crippen LogP contribution in [0, 0.1) is 0 Å². The van der Waals surface area contributed by atoms with Crippen molar-refractivity contribution in [1.29, 1.82) is 0 Å². The number of pyridine rings is 1. The number of nitrogens with one attached hydrogen (secondary N) is 3. The zero-order chi connectivity index (χ0) is 19.5. The van der Waals surface area contributed by atoms with Crippen LogP contribution in [0.1, 0.15) is 16.8 Å². The molecule has 28 heavy (non-hydrogen) atoms. The number of benzene rings is 2. The highest BCUT2D eigenvalue weighted by atomic mass is 31.0. The summed E-state index contributed by atoms with van der Waals surface area (Å²) >= 11 is 0. The minimum Gasteiger partial charge on any atom is -0.497 e. The van der Waals surface area contributed by atoms with Crippen molar-refractivity contribution in [2.75, 3.05) is 17.7 Å². The second kappa shape index (κ2) is 7.87. The first-order chi connectivity index (χ1) is 13.6. The number of aliphatic imine (C=N–C) groups is 1. The van der Waals surface area contributed by atoms with E-state index in [4.69, 9.17) is 4.74 Å². The molecule has 0 saturated heterocycles. The maximum atomic E-state index is 12.5. The number of anilines is 2. The summed E-state index contributed by atoms with van der Waals surface area (Å²) in [6.07, 6.45) is 0. The lowest BCUT2D eigenvalue weighted by atomic mass is 10.1. The van der Waals surface area contributed by atoms with Crippen LogP contribution in [0.4, 0.5) is 11.5 Å². The molecule has 0 bridgehead atoms. The van der Waals surface area contributed by atoms with E-state index < -0.39 is 0 Å². The van der Waals surface area contributed by atoms with Crippen LogP contribution in [0.2, 0.25) is 0 Å². The minimum atomic E-state index is -0.0182. The number of ether oxygens (including phenoxy) is 1. The number of hydrogen-bond acceptors (Lipinski definition) is 5. The molecule has 1 aliphatic rings. The summed E-state index contributed by atoms with van der Waals surface area (Å²) in [5, 5.41) is 7.70. The fraction of sp³-hybridized carbons (Fsp3) is 0.143. The summed E-state index contributed by atoms with van der Waals surface area (Å²) < 4.78 is 5.20. The first-order valence-electron chi connectivity index (χ1n) is 8.93. The molecule has 3 aromatic rings. The zero-order valence-corrected chi connectivity index (χ0v) is 16.6. The minimum absolute atomic E-state index is 0.0182. The van der Waals surface area contributed by atoms with E-state index >= 15 is 0 Å². The third kappa shape index (κ3) is 3.92. The molecule has 2 heterocycles. The molecule has 0 saturated carbocycles. The Morgan fingerprint density at radius 3 is 2.75 bits per heavy atom. The van der Waals surface area contributed by atoms with E-state index in [1.165, 1.54) is 0 Å². The zero-order valence-electron chi connectivity index (χ0n) is 15.5. The predicted octanol–water partition coefficient (Wildman–Crippen LogP) is 2.87. The van der Waals surface area contributed by atoms with Gasteiger partial charge in [0, 0.05) is 23.0 Å². The van der Waals surface area contributed by atoms with Crippen LogP contribution in [0.5, 0.6) is 5.75 Å². The van der Waals surface area contributed by atoms with Crippen LogP contribution in [0.3, 0.4) is 0 Å². The Bertz CT molecular complexity index is 1090. The van der Waals surface area contributed by atoms with Gasteiger partial charge in [0.25, 0.3) is 0 Å². The Morgan fingerprint density at radius 1 is 1.18 bits per heavy atom. The van der Waals surface area contributed by atoms with Crippen molar-refractivity contribution in [3.05, 3.63) is 81.6 Å². The molecule has 2 aromatic carbocycles. The molecule has 4 rings (SSSR count). The summed E-state index contributed by atoms with van der Waals surface area (Å²) in [5.41, 5.74) is 3.37. The van der Waals surface area contributed by atoms with Gasteiger partial charge in [-0.05, 0) is 41.7 Å². The molecular formula is C21H21N4O2P. The molecule has 1 unspecified atom stereocenters. The van der Waals surface area contributed by atoms with Gasteiger partial charge in [-0.25, -0.2) is 0 Å². The van der Waals surface area contributed by atoms with Gasteiger partial charge in [-0.2, -0.15) is 0 Å². The van der Waals surface area contributed by atoms with E-state index in [1.54, 1.807) is 13.2 Å². The molecule has 0 spiro atoms. The molecule has 0 amide bonds. The molecule has 1 aliphatic heterocycles. The number of fused-ring (bicyclic) bond motifs is 1. The largest absolute Gasteiger partial charge is 0.497 e. The van der Waals surface area contributed by atoms with Crippen molar-refractivity contribution >= 4 is 31.9 Å². The number of aromatic amines is 1. The second-order valence-corrected chi connectivity index (χ2v) is 7.18. The van der Waals surface area contributed by atoms with Crippen molar-refractivity contribution in [2.24, 2.45) is 4.99 Å². The molecule has 142 valence electrons. The Morgan fingerprint density at radius 2 is 2.00 bits per heavy atom. The molecule has 3 N–H and O–H groups in total.